The minimum Gasteiger partial charge on any atom is -0.456 e. The number of hydrogen-bond acceptors (Lipinski definition) is 1. The first-order valence-corrected chi connectivity index (χ1v) is 22.9. The van der Waals surface area contributed by atoms with Crippen molar-refractivity contribution >= 4 is 32.7 Å². The van der Waals surface area contributed by atoms with E-state index in [0.29, 0.717) is 11.1 Å². The van der Waals surface area contributed by atoms with Gasteiger partial charge >= 0.3 is 0 Å². The van der Waals surface area contributed by atoms with Gasteiger partial charge < -0.3 is 4.42 Å². The van der Waals surface area contributed by atoms with Crippen LogP contribution in [0.25, 0.3) is 88.3 Å². The van der Waals surface area contributed by atoms with Crippen molar-refractivity contribution in [1.82, 2.24) is 0 Å². The summed E-state index contributed by atoms with van der Waals surface area (Å²) in [6, 6.07) is 16.1. The molecule has 3 aliphatic carbocycles. The third-order valence-electron chi connectivity index (χ3n) is 14.7. The average Bonchev–Trinajstić information content (AvgIpc) is 1.47. The monoisotopic (exact) mass is 912 g/mol. The molecule has 12 aromatic rings. The summed E-state index contributed by atoms with van der Waals surface area (Å²) in [5.74, 6) is -1.82. The zero-order valence-electron chi connectivity index (χ0n) is 59.3. The third kappa shape index (κ3) is 5.32. The van der Waals surface area contributed by atoms with Gasteiger partial charge in [0.2, 0.25) is 0 Å². The molecule has 11 aromatic carbocycles. The van der Waals surface area contributed by atoms with E-state index in [1.165, 1.54) is 5.56 Å². The maximum atomic E-state index is 11.0. The van der Waals surface area contributed by atoms with Crippen LogP contribution in [0.3, 0.4) is 0 Å². The van der Waals surface area contributed by atoms with Gasteiger partial charge in [-0.05, 0) is 135 Å². The van der Waals surface area contributed by atoms with Crippen LogP contribution in [-0.4, -0.2) is 0 Å². The van der Waals surface area contributed by atoms with Crippen LogP contribution in [0.2, 0.25) is 0 Å². The molecule has 3 aliphatic rings. The molecule has 328 valence electrons. The molecule has 1 heterocycles. The highest BCUT2D eigenvalue weighted by molar-refractivity contribution is 6.06. The van der Waals surface area contributed by atoms with Crippen LogP contribution >= 0.6 is 0 Å². The number of rotatable bonds is 5. The van der Waals surface area contributed by atoms with Gasteiger partial charge in [0.25, 0.3) is 0 Å². The molecule has 1 atom stereocenters. The topological polar surface area (TPSA) is 13.1 Å². The van der Waals surface area contributed by atoms with Gasteiger partial charge in [0.05, 0.1) is 35.6 Å². The Morgan fingerprint density at radius 1 is 0.386 bits per heavy atom. The number of furan rings is 1. The van der Waals surface area contributed by atoms with Gasteiger partial charge in [-0.2, -0.15) is 0 Å². The Morgan fingerprint density at radius 3 is 1.83 bits per heavy atom. The molecular formula is C69H46O. The summed E-state index contributed by atoms with van der Waals surface area (Å²) in [4.78, 5) is 0. The van der Waals surface area contributed by atoms with E-state index in [1.807, 2.05) is 54.6 Å². The molecule has 1 aromatic heterocycles. The lowest BCUT2D eigenvalue weighted by Gasteiger charge is -2.31. The van der Waals surface area contributed by atoms with Crippen molar-refractivity contribution < 1.29 is 34.6 Å². The first-order chi connectivity index (χ1) is 43.6. The zero-order valence-corrected chi connectivity index (χ0v) is 37.3. The molecule has 70 heavy (non-hydrogen) atoms. The molecule has 0 bridgehead atoms. The van der Waals surface area contributed by atoms with E-state index in [1.54, 1.807) is 18.2 Å². The van der Waals surface area contributed by atoms with Crippen LogP contribution in [0.5, 0.6) is 0 Å². The van der Waals surface area contributed by atoms with Crippen LogP contribution in [0.15, 0.2) is 240 Å². The Labute approximate surface area is 438 Å². The van der Waals surface area contributed by atoms with Gasteiger partial charge in [-0.15, -0.1) is 0 Å². The van der Waals surface area contributed by atoms with Gasteiger partial charge in [-0.1, -0.05) is 232 Å². The van der Waals surface area contributed by atoms with Crippen molar-refractivity contribution in [2.24, 2.45) is 0 Å². The van der Waals surface area contributed by atoms with Crippen molar-refractivity contribution in [3.63, 3.8) is 0 Å². The van der Waals surface area contributed by atoms with E-state index in [4.69, 9.17) is 14.0 Å². The quantitative estimate of drug-likeness (QED) is 0.157. The van der Waals surface area contributed by atoms with E-state index in [2.05, 4.69) is 44.2 Å². The lowest BCUT2D eigenvalue weighted by Crippen LogP contribution is -2.26. The van der Waals surface area contributed by atoms with Crippen molar-refractivity contribution in [3.8, 4) is 55.6 Å². The number of benzene rings is 11. The molecule has 0 saturated carbocycles. The summed E-state index contributed by atoms with van der Waals surface area (Å²) < 4.78 is 215. The van der Waals surface area contributed by atoms with Crippen LogP contribution < -0.4 is 0 Å². The Hall–Kier alpha value is -8.52. The molecule has 0 radical (unpaired) electrons. The second-order valence-corrected chi connectivity index (χ2v) is 18.5. The molecule has 0 saturated heterocycles. The Morgan fingerprint density at radius 2 is 1.03 bits per heavy atom. The lowest BCUT2D eigenvalue weighted by atomic mass is 9.70. The zero-order chi connectivity index (χ0) is 65.4. The highest BCUT2D eigenvalue weighted by Crippen LogP contribution is 2.63. The molecule has 0 amide bonds. The molecular weight excluding hydrogens is 845 g/mol. The van der Waals surface area contributed by atoms with E-state index < -0.39 is 211 Å². The molecule has 15 rings (SSSR count). The molecule has 1 heteroatoms. The fourth-order valence-electron chi connectivity index (χ4n) is 11.6. The fourth-order valence-corrected chi connectivity index (χ4v) is 11.6. The van der Waals surface area contributed by atoms with Gasteiger partial charge in [0.15, 0.2) is 0 Å². The van der Waals surface area contributed by atoms with Gasteiger partial charge in [0.1, 0.15) is 11.2 Å². The predicted molar refractivity (Wildman–Crippen MR) is 290 cm³/mol. The summed E-state index contributed by atoms with van der Waals surface area (Å²) in [6.45, 7) is 4.37. The Bertz CT molecular complexity index is 5390. The van der Waals surface area contributed by atoms with Gasteiger partial charge in [0, 0.05) is 22.1 Å². The van der Waals surface area contributed by atoms with Crippen molar-refractivity contribution in [1.29, 1.82) is 0 Å². The second-order valence-electron chi connectivity index (χ2n) is 18.5. The maximum Gasteiger partial charge on any atom is 0.135 e. The molecule has 1 spiro atoms. The van der Waals surface area contributed by atoms with Crippen LogP contribution in [-0.2, 0) is 10.8 Å². The number of fused-ring (bicyclic) bond motifs is 17. The Kier molecular flexibility index (Phi) is 4.90. The minimum atomic E-state index is -2.74. The number of para-hydroxylation sites is 1. The first kappa shape index (κ1) is 23.7. The predicted octanol–water partition coefficient (Wildman–Crippen LogP) is 17.9. The SMILES string of the molecule is [2H]c1c([2H])c([2H])c2c(c1[2H])-c1c([2H])c([2H])c([2H])c([2H])c1C21c2c([2H])c([2H])c([2H])c([2H])c2-c2c([2H])c([2H])c(C(c3cccc(-c4ccc5ccccc5c4-c4ccc5c(c4)-c4ccccc4C5(C)C)c3)c3c([2H])c([2H])c4c(oc5c([2H])c([2H])c([2H])c([2H])c54)c3[2H])c([2H])c21. The summed E-state index contributed by atoms with van der Waals surface area (Å²) in [7, 11) is 0. The highest BCUT2D eigenvalue weighted by atomic mass is 16.3. The van der Waals surface area contributed by atoms with Gasteiger partial charge in [-0.25, -0.2) is 0 Å². The average molecular weight is 913 g/mol. The van der Waals surface area contributed by atoms with E-state index in [0.717, 1.165) is 38.6 Å². The molecule has 1 unspecified atom stereocenters. The largest absolute Gasteiger partial charge is 0.456 e. The summed E-state index contributed by atoms with van der Waals surface area (Å²) >= 11 is 0. The molecule has 1 nitrogen and oxygen atoms in total. The highest BCUT2D eigenvalue weighted by Gasteiger charge is 2.51. The summed E-state index contributed by atoms with van der Waals surface area (Å²) in [6.07, 6.45) is 0. The molecule has 0 aliphatic heterocycles. The third-order valence-corrected chi connectivity index (χ3v) is 14.7. The number of hydrogen-bond donors (Lipinski definition) is 0. The van der Waals surface area contributed by atoms with E-state index >= 15 is 0 Å². The minimum absolute atomic E-state index is 0.124. The summed E-state index contributed by atoms with van der Waals surface area (Å²) in [5, 5.41) is 1.18. The Balaban J connectivity index is 1.10. The lowest BCUT2D eigenvalue weighted by molar-refractivity contribution is 0.660. The van der Waals surface area contributed by atoms with E-state index in [9.17, 15) is 20.6 Å². The van der Waals surface area contributed by atoms with E-state index in [-0.39, 0.29) is 21.8 Å². The van der Waals surface area contributed by atoms with Crippen molar-refractivity contribution in [3.05, 3.63) is 286 Å². The standard InChI is InChI=1S/C69H46O/c1-68(2)58-25-10-5-23-53(58)57-39-45(33-37-59(57)68)67-48-19-4-3-16-42(48)30-34-49(67)43-17-15-18-44(38-43)66(47-32-36-56-55-24-9-14-29-64(55)70-65(56)41-47)46-31-35-54-52-22-8-13-28-62(52)69(63(54)40-46)60-26-11-6-20-50(60)51-21-7-12-27-61(51)69/h3-41,66H,1-2H3/i6D,7D,8D,9D,11D,12D,13D,14D,20D,21D,22D,24D,26D,27D,28D,29D,31D,32D,35D,36D,40D,41D. The summed E-state index contributed by atoms with van der Waals surface area (Å²) in [5.41, 5.74) is -1.48. The second kappa shape index (κ2) is 14.5. The van der Waals surface area contributed by atoms with Crippen molar-refractivity contribution in [2.75, 3.05) is 0 Å². The fraction of sp³-hybridized carbons (Fsp3) is 0.0725. The maximum absolute atomic E-state index is 11.0. The normalized spacial score (nSPS) is 19.0. The van der Waals surface area contributed by atoms with Gasteiger partial charge in [-0.3, -0.25) is 0 Å². The van der Waals surface area contributed by atoms with Crippen LogP contribution in [0.1, 0.15) is 100.0 Å². The van der Waals surface area contributed by atoms with Crippen LogP contribution in [0, 0.1) is 0 Å². The molecule has 0 fully saturated rings. The van der Waals surface area contributed by atoms with Crippen molar-refractivity contribution in [2.45, 2.75) is 30.6 Å². The molecule has 0 N–H and O–H groups in total. The smallest absolute Gasteiger partial charge is 0.135 e. The van der Waals surface area contributed by atoms with Crippen LogP contribution in [0.4, 0.5) is 0 Å². The first-order valence-electron chi connectivity index (χ1n) is 33.9.